The Bertz CT molecular complexity index is 543. The summed E-state index contributed by atoms with van der Waals surface area (Å²) in [6, 6.07) is 8.67. The van der Waals surface area contributed by atoms with Gasteiger partial charge >= 0.3 is 0 Å². The molecule has 2 aromatic heterocycles. The smallest absolute Gasteiger partial charge is 0.129 e. The zero-order valence-electron chi connectivity index (χ0n) is 11.5. The molecule has 1 saturated heterocycles. The molecule has 0 spiro atoms. The van der Waals surface area contributed by atoms with Crippen LogP contribution in [0.15, 0.2) is 29.6 Å². The van der Waals surface area contributed by atoms with E-state index in [9.17, 15) is 0 Å². The summed E-state index contributed by atoms with van der Waals surface area (Å²) in [6.45, 7) is 6.44. The molecule has 3 nitrogen and oxygen atoms in total. The number of nitrogens with zero attached hydrogens (tertiary/aromatic N) is 3. The maximum Gasteiger partial charge on any atom is 0.129 e. The van der Waals surface area contributed by atoms with E-state index in [1.165, 1.54) is 10.4 Å². The van der Waals surface area contributed by atoms with Gasteiger partial charge < -0.3 is 9.80 Å². The molecule has 0 aliphatic carbocycles. The first-order valence-corrected chi connectivity index (χ1v) is 7.56. The van der Waals surface area contributed by atoms with E-state index in [0.29, 0.717) is 0 Å². The van der Waals surface area contributed by atoms with Crippen LogP contribution in [0.4, 0.5) is 5.82 Å². The van der Waals surface area contributed by atoms with E-state index in [1.54, 1.807) is 11.3 Å². The molecular formula is C15H19N3S. The highest BCUT2D eigenvalue weighted by molar-refractivity contribution is 7.13. The Labute approximate surface area is 118 Å². The van der Waals surface area contributed by atoms with Gasteiger partial charge in [0.2, 0.25) is 0 Å². The molecule has 2 aromatic rings. The Morgan fingerprint density at radius 2 is 1.95 bits per heavy atom. The Morgan fingerprint density at radius 3 is 2.63 bits per heavy atom. The van der Waals surface area contributed by atoms with Gasteiger partial charge in [-0.05, 0) is 43.1 Å². The second-order valence-corrected chi connectivity index (χ2v) is 6.07. The van der Waals surface area contributed by atoms with Crippen LogP contribution in [0.2, 0.25) is 0 Å². The van der Waals surface area contributed by atoms with Crippen LogP contribution < -0.4 is 4.90 Å². The minimum atomic E-state index is 1.07. The summed E-state index contributed by atoms with van der Waals surface area (Å²) in [5, 5.41) is 2.13. The van der Waals surface area contributed by atoms with Crippen LogP contribution in [0.5, 0.6) is 0 Å². The number of anilines is 1. The molecule has 0 aromatic carbocycles. The van der Waals surface area contributed by atoms with Crippen molar-refractivity contribution < 1.29 is 0 Å². The van der Waals surface area contributed by atoms with E-state index < -0.39 is 0 Å². The standard InChI is InChI=1S/C15H19N3S/c1-12-10-13(14-4-3-9-19-14)11-15(16-12)18-7-5-17(2)6-8-18/h3-4,9-11H,5-8H2,1-2H3. The monoisotopic (exact) mass is 273 g/mol. The Hall–Kier alpha value is -1.39. The van der Waals surface area contributed by atoms with Gasteiger partial charge in [0.25, 0.3) is 0 Å². The van der Waals surface area contributed by atoms with Crippen molar-refractivity contribution in [3.05, 3.63) is 35.3 Å². The number of aryl methyl sites for hydroxylation is 1. The van der Waals surface area contributed by atoms with Crippen molar-refractivity contribution in [1.29, 1.82) is 0 Å². The summed E-state index contributed by atoms with van der Waals surface area (Å²) in [5.41, 5.74) is 2.39. The molecule has 0 unspecified atom stereocenters. The zero-order valence-corrected chi connectivity index (χ0v) is 12.3. The lowest BCUT2D eigenvalue weighted by molar-refractivity contribution is 0.312. The van der Waals surface area contributed by atoms with E-state index in [0.717, 1.165) is 37.7 Å². The van der Waals surface area contributed by atoms with E-state index in [-0.39, 0.29) is 0 Å². The molecular weight excluding hydrogens is 254 g/mol. The van der Waals surface area contributed by atoms with Gasteiger partial charge in [-0.3, -0.25) is 0 Å². The molecule has 0 bridgehead atoms. The van der Waals surface area contributed by atoms with Crippen molar-refractivity contribution in [1.82, 2.24) is 9.88 Å². The van der Waals surface area contributed by atoms with Crippen LogP contribution in [0, 0.1) is 6.92 Å². The van der Waals surface area contributed by atoms with Gasteiger partial charge in [-0.25, -0.2) is 4.98 Å². The largest absolute Gasteiger partial charge is 0.354 e. The number of hydrogen-bond donors (Lipinski definition) is 0. The number of hydrogen-bond acceptors (Lipinski definition) is 4. The lowest BCUT2D eigenvalue weighted by atomic mass is 10.2. The lowest BCUT2D eigenvalue weighted by Gasteiger charge is -2.33. The van der Waals surface area contributed by atoms with E-state index >= 15 is 0 Å². The third-order valence-corrected chi connectivity index (χ3v) is 4.49. The SMILES string of the molecule is Cc1cc(-c2cccs2)cc(N2CCN(C)CC2)n1. The second kappa shape index (κ2) is 5.31. The van der Waals surface area contributed by atoms with Gasteiger partial charge in [0.15, 0.2) is 0 Å². The fourth-order valence-electron chi connectivity index (χ4n) is 2.43. The van der Waals surface area contributed by atoms with Gasteiger partial charge in [0, 0.05) is 36.8 Å². The molecule has 19 heavy (non-hydrogen) atoms. The molecule has 1 aliphatic rings. The Balaban J connectivity index is 1.90. The zero-order chi connectivity index (χ0) is 13.2. The van der Waals surface area contributed by atoms with E-state index in [4.69, 9.17) is 4.98 Å². The van der Waals surface area contributed by atoms with Crippen LogP contribution >= 0.6 is 11.3 Å². The number of thiophene rings is 1. The summed E-state index contributed by atoms with van der Waals surface area (Å²) in [4.78, 5) is 10.8. The maximum atomic E-state index is 4.70. The minimum Gasteiger partial charge on any atom is -0.354 e. The number of rotatable bonds is 2. The Morgan fingerprint density at radius 1 is 1.16 bits per heavy atom. The van der Waals surface area contributed by atoms with E-state index in [1.807, 2.05) is 0 Å². The average molecular weight is 273 g/mol. The summed E-state index contributed by atoms with van der Waals surface area (Å²) in [5.74, 6) is 1.12. The topological polar surface area (TPSA) is 19.4 Å². The molecule has 3 rings (SSSR count). The third-order valence-electron chi connectivity index (χ3n) is 3.57. The number of likely N-dealkylation sites (N-methyl/N-ethyl adjacent to an activating group) is 1. The quantitative estimate of drug-likeness (QED) is 0.839. The first-order valence-electron chi connectivity index (χ1n) is 6.68. The molecule has 0 amide bonds. The van der Waals surface area contributed by atoms with Gasteiger partial charge in [0.1, 0.15) is 5.82 Å². The lowest BCUT2D eigenvalue weighted by Crippen LogP contribution is -2.44. The van der Waals surface area contributed by atoms with Crippen molar-refractivity contribution >= 4 is 17.2 Å². The molecule has 0 radical (unpaired) electrons. The second-order valence-electron chi connectivity index (χ2n) is 5.12. The van der Waals surface area contributed by atoms with Crippen LogP contribution in [0.1, 0.15) is 5.69 Å². The number of aromatic nitrogens is 1. The van der Waals surface area contributed by atoms with Crippen LogP contribution in [-0.2, 0) is 0 Å². The van der Waals surface area contributed by atoms with Crippen molar-refractivity contribution in [2.45, 2.75) is 6.92 Å². The molecule has 1 fully saturated rings. The highest BCUT2D eigenvalue weighted by Crippen LogP contribution is 2.28. The highest BCUT2D eigenvalue weighted by Gasteiger charge is 2.16. The summed E-state index contributed by atoms with van der Waals surface area (Å²) in [7, 11) is 2.18. The number of piperazine rings is 1. The van der Waals surface area contributed by atoms with Crippen molar-refractivity contribution in [3.63, 3.8) is 0 Å². The molecule has 4 heteroatoms. The van der Waals surface area contributed by atoms with Crippen molar-refractivity contribution in [2.75, 3.05) is 38.1 Å². The predicted octanol–water partition coefficient (Wildman–Crippen LogP) is 2.87. The molecule has 1 aliphatic heterocycles. The van der Waals surface area contributed by atoms with Gasteiger partial charge in [-0.2, -0.15) is 0 Å². The molecule has 0 atom stereocenters. The van der Waals surface area contributed by atoms with Crippen LogP contribution in [-0.4, -0.2) is 43.1 Å². The van der Waals surface area contributed by atoms with Gasteiger partial charge in [-0.15, -0.1) is 11.3 Å². The van der Waals surface area contributed by atoms with Gasteiger partial charge in [-0.1, -0.05) is 6.07 Å². The molecule has 3 heterocycles. The molecule has 0 N–H and O–H groups in total. The number of pyridine rings is 1. The van der Waals surface area contributed by atoms with Gasteiger partial charge in [0.05, 0.1) is 0 Å². The maximum absolute atomic E-state index is 4.70. The van der Waals surface area contributed by atoms with Crippen LogP contribution in [0.25, 0.3) is 10.4 Å². The first-order chi connectivity index (χ1) is 9.22. The van der Waals surface area contributed by atoms with Crippen LogP contribution in [0.3, 0.4) is 0 Å². The van der Waals surface area contributed by atoms with Crippen molar-refractivity contribution in [3.8, 4) is 10.4 Å². The first kappa shape index (κ1) is 12.6. The summed E-state index contributed by atoms with van der Waals surface area (Å²) >= 11 is 1.79. The minimum absolute atomic E-state index is 1.07. The summed E-state index contributed by atoms with van der Waals surface area (Å²) < 4.78 is 0. The highest BCUT2D eigenvalue weighted by atomic mass is 32.1. The fourth-order valence-corrected chi connectivity index (χ4v) is 3.15. The summed E-state index contributed by atoms with van der Waals surface area (Å²) in [6.07, 6.45) is 0. The normalized spacial score (nSPS) is 16.8. The Kier molecular flexibility index (Phi) is 3.53. The molecule has 100 valence electrons. The third kappa shape index (κ3) is 2.80. The van der Waals surface area contributed by atoms with Crippen molar-refractivity contribution in [2.24, 2.45) is 0 Å². The fraction of sp³-hybridized carbons (Fsp3) is 0.400. The predicted molar refractivity (Wildman–Crippen MR) is 82.0 cm³/mol. The average Bonchev–Trinajstić information content (AvgIpc) is 2.93. The molecule has 0 saturated carbocycles. The van der Waals surface area contributed by atoms with E-state index in [2.05, 4.69) is 53.4 Å².